The molecule has 1 fully saturated rings. The summed E-state index contributed by atoms with van der Waals surface area (Å²) in [7, 11) is 4.01. The van der Waals surface area contributed by atoms with E-state index in [1.165, 1.54) is 6.07 Å². The summed E-state index contributed by atoms with van der Waals surface area (Å²) >= 11 is 0. The van der Waals surface area contributed by atoms with Gasteiger partial charge in [-0.3, -0.25) is 0 Å². The highest BCUT2D eigenvalue weighted by Gasteiger charge is 2.40. The number of aromatic nitrogens is 2. The van der Waals surface area contributed by atoms with Gasteiger partial charge in [0, 0.05) is 12.1 Å². The van der Waals surface area contributed by atoms with Crippen LogP contribution in [0.1, 0.15) is 19.3 Å². The van der Waals surface area contributed by atoms with Crippen LogP contribution in [-0.2, 0) is 6.54 Å². The summed E-state index contributed by atoms with van der Waals surface area (Å²) in [6, 6.07) is 2.54. The SMILES string of the molecule is CN(C)C1(Cn2c(N)nc3ccc(F)c(F)c32)CCC1. The van der Waals surface area contributed by atoms with Gasteiger partial charge in [0.2, 0.25) is 5.95 Å². The zero-order valence-electron chi connectivity index (χ0n) is 11.7. The fourth-order valence-electron chi connectivity index (χ4n) is 2.96. The molecule has 3 rings (SSSR count). The van der Waals surface area contributed by atoms with Crippen molar-refractivity contribution >= 4 is 17.0 Å². The number of anilines is 1. The summed E-state index contributed by atoms with van der Waals surface area (Å²) in [6.07, 6.45) is 3.19. The van der Waals surface area contributed by atoms with Crippen LogP contribution in [0.3, 0.4) is 0 Å². The van der Waals surface area contributed by atoms with Crippen LogP contribution in [0.25, 0.3) is 11.0 Å². The molecule has 0 unspecified atom stereocenters. The van der Waals surface area contributed by atoms with Crippen LogP contribution in [-0.4, -0.2) is 34.1 Å². The fourth-order valence-corrected chi connectivity index (χ4v) is 2.96. The van der Waals surface area contributed by atoms with Gasteiger partial charge in [0.1, 0.15) is 5.52 Å². The molecule has 1 aliphatic rings. The minimum Gasteiger partial charge on any atom is -0.369 e. The lowest BCUT2D eigenvalue weighted by Crippen LogP contribution is -2.53. The van der Waals surface area contributed by atoms with E-state index in [1.807, 2.05) is 14.1 Å². The Morgan fingerprint density at radius 2 is 2.05 bits per heavy atom. The molecule has 0 amide bonds. The monoisotopic (exact) mass is 280 g/mol. The van der Waals surface area contributed by atoms with Gasteiger partial charge in [0.15, 0.2) is 11.6 Å². The Balaban J connectivity index is 2.11. The standard InChI is InChI=1S/C14H18F2N4/c1-19(2)14(6-3-7-14)8-20-12-10(18-13(20)17)5-4-9(15)11(12)16/h4-5H,3,6-8H2,1-2H3,(H2,17,18). The van der Waals surface area contributed by atoms with Gasteiger partial charge in [-0.05, 0) is 45.5 Å². The molecule has 0 radical (unpaired) electrons. The predicted molar refractivity (Wildman–Crippen MR) is 74.3 cm³/mol. The van der Waals surface area contributed by atoms with Crippen molar-refractivity contribution in [2.75, 3.05) is 19.8 Å². The maximum Gasteiger partial charge on any atom is 0.201 e. The lowest BCUT2D eigenvalue weighted by atomic mass is 9.75. The number of hydrogen-bond donors (Lipinski definition) is 1. The molecule has 1 aromatic heterocycles. The highest BCUT2D eigenvalue weighted by molar-refractivity contribution is 5.79. The Morgan fingerprint density at radius 1 is 1.35 bits per heavy atom. The molecule has 1 saturated carbocycles. The summed E-state index contributed by atoms with van der Waals surface area (Å²) in [4.78, 5) is 6.27. The minimum atomic E-state index is -0.875. The average molecular weight is 280 g/mol. The molecule has 2 aromatic rings. The topological polar surface area (TPSA) is 47.1 Å². The number of rotatable bonds is 3. The van der Waals surface area contributed by atoms with Crippen molar-refractivity contribution in [1.29, 1.82) is 0 Å². The van der Waals surface area contributed by atoms with Gasteiger partial charge in [0.05, 0.1) is 5.52 Å². The third-order valence-corrected chi connectivity index (χ3v) is 4.51. The molecule has 0 aliphatic heterocycles. The molecule has 108 valence electrons. The summed E-state index contributed by atoms with van der Waals surface area (Å²) < 4.78 is 29.1. The fraction of sp³-hybridized carbons (Fsp3) is 0.500. The van der Waals surface area contributed by atoms with E-state index in [0.29, 0.717) is 12.1 Å². The summed E-state index contributed by atoms with van der Waals surface area (Å²) in [5, 5.41) is 0. The van der Waals surface area contributed by atoms with Crippen LogP contribution >= 0.6 is 0 Å². The number of nitrogens with zero attached hydrogens (tertiary/aromatic N) is 3. The third kappa shape index (κ3) is 1.78. The molecule has 1 heterocycles. The van der Waals surface area contributed by atoms with E-state index in [-0.39, 0.29) is 17.0 Å². The van der Waals surface area contributed by atoms with Crippen molar-refractivity contribution in [3.8, 4) is 0 Å². The Hall–Kier alpha value is -1.69. The molecule has 6 heteroatoms. The molecular formula is C14H18F2N4. The van der Waals surface area contributed by atoms with Crippen molar-refractivity contribution < 1.29 is 8.78 Å². The number of benzene rings is 1. The van der Waals surface area contributed by atoms with Crippen LogP contribution in [0, 0.1) is 11.6 Å². The first-order chi connectivity index (χ1) is 9.44. The molecule has 20 heavy (non-hydrogen) atoms. The molecule has 0 saturated heterocycles. The smallest absolute Gasteiger partial charge is 0.201 e. The Morgan fingerprint density at radius 3 is 2.60 bits per heavy atom. The van der Waals surface area contributed by atoms with Crippen molar-refractivity contribution in [2.45, 2.75) is 31.3 Å². The normalized spacial score (nSPS) is 17.6. The van der Waals surface area contributed by atoms with Gasteiger partial charge in [-0.15, -0.1) is 0 Å². The zero-order chi connectivity index (χ0) is 14.5. The molecule has 0 bridgehead atoms. The largest absolute Gasteiger partial charge is 0.369 e. The van der Waals surface area contributed by atoms with Crippen molar-refractivity contribution in [3.05, 3.63) is 23.8 Å². The van der Waals surface area contributed by atoms with E-state index in [1.54, 1.807) is 4.57 Å². The number of nitrogens with two attached hydrogens (primary N) is 1. The van der Waals surface area contributed by atoms with Gasteiger partial charge in [-0.2, -0.15) is 0 Å². The van der Waals surface area contributed by atoms with Crippen LogP contribution in [0.5, 0.6) is 0 Å². The Kier molecular flexibility index (Phi) is 2.93. The van der Waals surface area contributed by atoms with Crippen molar-refractivity contribution in [1.82, 2.24) is 14.5 Å². The number of imidazole rings is 1. The molecular weight excluding hydrogens is 262 g/mol. The third-order valence-electron chi connectivity index (χ3n) is 4.51. The lowest BCUT2D eigenvalue weighted by Gasteiger charge is -2.47. The van der Waals surface area contributed by atoms with E-state index in [2.05, 4.69) is 9.88 Å². The predicted octanol–water partition coefficient (Wildman–Crippen LogP) is 2.38. The maximum absolute atomic E-state index is 14.1. The minimum absolute atomic E-state index is 0.0412. The van der Waals surface area contributed by atoms with Gasteiger partial charge < -0.3 is 15.2 Å². The highest BCUT2D eigenvalue weighted by Crippen LogP contribution is 2.39. The van der Waals surface area contributed by atoms with Crippen LogP contribution < -0.4 is 5.73 Å². The van der Waals surface area contributed by atoms with Crippen molar-refractivity contribution in [2.24, 2.45) is 0 Å². The number of halogens is 2. The second-order valence-electron chi connectivity index (χ2n) is 5.76. The van der Waals surface area contributed by atoms with Gasteiger partial charge in [0.25, 0.3) is 0 Å². The Bertz CT molecular complexity index is 659. The molecule has 4 nitrogen and oxygen atoms in total. The average Bonchev–Trinajstić information content (AvgIpc) is 2.65. The first-order valence-electron chi connectivity index (χ1n) is 6.72. The van der Waals surface area contributed by atoms with Gasteiger partial charge in [-0.1, -0.05) is 0 Å². The molecule has 1 aromatic carbocycles. The van der Waals surface area contributed by atoms with Crippen LogP contribution in [0.15, 0.2) is 12.1 Å². The zero-order valence-corrected chi connectivity index (χ0v) is 11.7. The van der Waals surface area contributed by atoms with Gasteiger partial charge >= 0.3 is 0 Å². The van der Waals surface area contributed by atoms with Crippen LogP contribution in [0.4, 0.5) is 14.7 Å². The molecule has 0 atom stereocenters. The van der Waals surface area contributed by atoms with Gasteiger partial charge in [-0.25, -0.2) is 13.8 Å². The molecule has 1 aliphatic carbocycles. The van der Waals surface area contributed by atoms with Crippen molar-refractivity contribution in [3.63, 3.8) is 0 Å². The molecule has 2 N–H and O–H groups in total. The summed E-state index contributed by atoms with van der Waals surface area (Å²) in [5.74, 6) is -1.51. The van der Waals surface area contributed by atoms with E-state index in [0.717, 1.165) is 25.3 Å². The maximum atomic E-state index is 14.1. The number of likely N-dealkylation sites (N-methyl/N-ethyl adjacent to an activating group) is 1. The summed E-state index contributed by atoms with van der Waals surface area (Å²) in [6.45, 7) is 0.530. The van der Waals surface area contributed by atoms with E-state index in [9.17, 15) is 8.78 Å². The van der Waals surface area contributed by atoms with E-state index < -0.39 is 11.6 Å². The van der Waals surface area contributed by atoms with Crippen LogP contribution in [0.2, 0.25) is 0 Å². The van der Waals surface area contributed by atoms with E-state index in [4.69, 9.17) is 5.73 Å². The molecule has 0 spiro atoms. The number of hydrogen-bond acceptors (Lipinski definition) is 3. The number of nitrogen functional groups attached to an aromatic ring is 1. The van der Waals surface area contributed by atoms with E-state index >= 15 is 0 Å². The first kappa shape index (κ1) is 13.3. The summed E-state index contributed by atoms with van der Waals surface area (Å²) in [5.41, 5.74) is 6.42. The Labute approximate surface area is 116 Å². The number of fused-ring (bicyclic) bond motifs is 1. The lowest BCUT2D eigenvalue weighted by molar-refractivity contribution is 0.0439. The quantitative estimate of drug-likeness (QED) is 0.939. The highest BCUT2D eigenvalue weighted by atomic mass is 19.2. The second-order valence-corrected chi connectivity index (χ2v) is 5.76. The first-order valence-corrected chi connectivity index (χ1v) is 6.72. The second kappa shape index (κ2) is 4.41.